The second-order valence-corrected chi connectivity index (χ2v) is 30.6. The predicted molar refractivity (Wildman–Crippen MR) is 329 cm³/mol. The Labute approximate surface area is 509 Å². The molecule has 0 bridgehead atoms. The van der Waals surface area contributed by atoms with Crippen molar-refractivity contribution in [2.45, 2.75) is 131 Å². The maximum absolute atomic E-state index is 14.5. The number of sulfonamides is 1. The minimum atomic E-state index is -6.14. The number of rotatable bonds is 17. The zero-order chi connectivity index (χ0) is 61.0. The molecule has 22 heteroatoms. The predicted octanol–water partition coefficient (Wildman–Crippen LogP) is 11.9. The lowest BCUT2D eigenvalue weighted by Gasteiger charge is -2.46. The number of likely N-dealkylation sites (tertiary alicyclic amines) is 1. The molecule has 15 nitrogen and oxygen atoms in total. The molecule has 2 N–H and O–H groups in total. The molecule has 4 fully saturated rings. The fourth-order valence-electron chi connectivity index (χ4n) is 12.6. The lowest BCUT2D eigenvalue weighted by molar-refractivity contribution is -0.139. The molecular weight excluding hydrogens is 1170 g/mol. The molecule has 2 aliphatic carbocycles. The van der Waals surface area contributed by atoms with Gasteiger partial charge in [-0.05, 0) is 174 Å². The van der Waals surface area contributed by atoms with Crippen molar-refractivity contribution in [1.82, 2.24) is 24.3 Å². The summed E-state index contributed by atoms with van der Waals surface area (Å²) in [4.78, 5) is 49.4. The van der Waals surface area contributed by atoms with Gasteiger partial charge in [0.2, 0.25) is 5.91 Å². The minimum Gasteiger partial charge on any atom is -0.444 e. The second-order valence-electron chi connectivity index (χ2n) is 25.4. The zero-order valence-corrected chi connectivity index (χ0v) is 52.6. The summed E-state index contributed by atoms with van der Waals surface area (Å²) in [5, 5.41) is 3.75. The largest absolute Gasteiger partial charge is 0.501 e. The number of ether oxygens (including phenoxy) is 1. The van der Waals surface area contributed by atoms with E-state index in [0.717, 1.165) is 113 Å². The number of hydrogen-bond acceptors (Lipinski definition) is 13. The molecule has 0 unspecified atom stereocenters. The molecule has 462 valence electrons. The highest BCUT2D eigenvalue weighted by Gasteiger charge is 2.49. The van der Waals surface area contributed by atoms with E-state index >= 15 is 0 Å². The Morgan fingerprint density at radius 3 is 2.01 bits per heavy atom. The first-order valence-corrected chi connectivity index (χ1v) is 34.0. The van der Waals surface area contributed by atoms with Crippen molar-refractivity contribution in [3.63, 3.8) is 0 Å². The van der Waals surface area contributed by atoms with Gasteiger partial charge in [-0.2, -0.15) is 13.2 Å². The van der Waals surface area contributed by atoms with Crippen LogP contribution < -0.4 is 14.9 Å². The molecule has 1 spiro atoms. The third kappa shape index (κ3) is 16.5. The number of allylic oxidation sites excluding steroid dienone is 1. The van der Waals surface area contributed by atoms with Gasteiger partial charge in [-0.1, -0.05) is 61.4 Å². The van der Waals surface area contributed by atoms with Gasteiger partial charge in [0.05, 0.1) is 10.6 Å². The molecule has 1 atom stereocenters. The molecule has 4 aromatic carbocycles. The molecule has 0 aromatic heterocycles. The van der Waals surface area contributed by atoms with Crippen LogP contribution in [0.1, 0.15) is 115 Å². The van der Waals surface area contributed by atoms with Crippen molar-refractivity contribution in [3.05, 3.63) is 119 Å². The van der Waals surface area contributed by atoms with Gasteiger partial charge in [-0.15, -0.1) is 11.8 Å². The first-order valence-electron chi connectivity index (χ1n) is 29.7. The first-order chi connectivity index (χ1) is 40.1. The van der Waals surface area contributed by atoms with Crippen molar-refractivity contribution in [2.75, 3.05) is 94.5 Å². The summed E-state index contributed by atoms with van der Waals surface area (Å²) in [5.41, 5.74) is -1.61. The van der Waals surface area contributed by atoms with Gasteiger partial charge in [0.1, 0.15) is 10.5 Å². The Kier molecular flexibility index (Phi) is 20.1. The molecule has 0 radical (unpaired) electrons. The van der Waals surface area contributed by atoms with Gasteiger partial charge in [-0.3, -0.25) is 19.4 Å². The van der Waals surface area contributed by atoms with Crippen LogP contribution in [0.3, 0.4) is 0 Å². The number of hydrogen-bond donors (Lipinski definition) is 2. The molecule has 5 aliphatic rings. The average molecular weight is 1250 g/mol. The average Bonchev–Trinajstić information content (AvgIpc) is 1.48. The number of carbonyl (C=O) groups excluding carboxylic acids is 3. The Balaban J connectivity index is 0.805. The molecule has 3 heterocycles. The highest BCUT2D eigenvalue weighted by molar-refractivity contribution is 7.99. The van der Waals surface area contributed by atoms with Crippen LogP contribution in [0.15, 0.2) is 117 Å². The maximum atomic E-state index is 14.5. The van der Waals surface area contributed by atoms with E-state index in [1.807, 2.05) is 72.9 Å². The van der Waals surface area contributed by atoms with Crippen LogP contribution in [0.4, 0.5) is 29.3 Å². The number of benzene rings is 4. The highest BCUT2D eigenvalue weighted by atomic mass is 35.5. The summed E-state index contributed by atoms with van der Waals surface area (Å²) < 4.78 is 105. The SMILES string of the molecule is CC1(C)CCC(c2ccc(Cl)cc2)=C(CN2CCN(c3ccc(C(=O)NS(=O)(=O)c4ccc(N[C@H](CCN5CCN(C(=O)C6CCC7(CC6)CCN(C(=O)OC(C)(C)C)CC7)CC5)CSc5ccccc5)c(S(=O)(=O)C(F)(F)F)c4)cc3)CC2)C1. The molecular formula is C63H81ClF3N7O8S3. The number of sulfone groups is 1. The number of alkyl halides is 3. The number of halogens is 4. The standard InChI is InChI=1S/C63H81ClF3N7O8S3/c1-60(2,3)82-59(77)74-31-28-62(29-32-74)26-21-47(22-27-62)58(76)73-39-33-70(34-40-73)30-24-50(44-83-52-9-7-6-8-10-52)68-55-20-19-53(41-56(55)84(78,79)63(65,66)67)85(80,81)69-57(75)46-13-17-51(18-14-46)72-37-35-71(36-38-72)43-48-42-61(4,5)25-23-54(48)45-11-15-49(64)16-12-45/h6-20,41,47,50,68H,21-40,42-44H2,1-5H3,(H,69,75)/t50-/m1/s1. The smallest absolute Gasteiger partial charge is 0.444 e. The Morgan fingerprint density at radius 1 is 0.753 bits per heavy atom. The normalized spacial score (nSPS) is 19.8. The van der Waals surface area contributed by atoms with Crippen LogP contribution >= 0.6 is 23.4 Å². The maximum Gasteiger partial charge on any atom is 0.501 e. The van der Waals surface area contributed by atoms with E-state index in [1.54, 1.807) is 17.0 Å². The van der Waals surface area contributed by atoms with E-state index in [0.29, 0.717) is 69.1 Å². The quantitative estimate of drug-likeness (QED) is 0.0959. The fourth-order valence-corrected chi connectivity index (χ4v) is 15.7. The van der Waals surface area contributed by atoms with E-state index in [4.69, 9.17) is 16.3 Å². The van der Waals surface area contributed by atoms with Gasteiger partial charge < -0.3 is 24.8 Å². The second kappa shape index (κ2) is 26.6. The van der Waals surface area contributed by atoms with E-state index in [2.05, 4.69) is 46.0 Å². The summed E-state index contributed by atoms with van der Waals surface area (Å²) in [7, 11) is -11.0. The van der Waals surface area contributed by atoms with Gasteiger partial charge >= 0.3 is 11.6 Å². The topological polar surface area (TPSA) is 169 Å². The van der Waals surface area contributed by atoms with Crippen molar-refractivity contribution < 1.29 is 49.1 Å². The summed E-state index contributed by atoms with van der Waals surface area (Å²) in [6, 6.07) is 25.6. The van der Waals surface area contributed by atoms with Crippen LogP contribution in [-0.4, -0.2) is 156 Å². The Bertz CT molecular complexity index is 3260. The number of piperazine rings is 2. The number of nitrogens with zero attached hydrogens (tertiary/aromatic N) is 5. The summed E-state index contributed by atoms with van der Waals surface area (Å²) >= 11 is 7.65. The van der Waals surface area contributed by atoms with Crippen LogP contribution in [-0.2, 0) is 29.4 Å². The van der Waals surface area contributed by atoms with Crippen LogP contribution in [0, 0.1) is 16.7 Å². The minimum absolute atomic E-state index is 0.0193. The lowest BCUT2D eigenvalue weighted by Crippen LogP contribution is -2.52. The first kappa shape index (κ1) is 64.2. The fraction of sp³-hybridized carbons (Fsp3) is 0.540. The monoisotopic (exact) mass is 1250 g/mol. The van der Waals surface area contributed by atoms with Crippen molar-refractivity contribution in [1.29, 1.82) is 0 Å². The van der Waals surface area contributed by atoms with Gasteiger partial charge in [-0.25, -0.2) is 26.4 Å². The van der Waals surface area contributed by atoms with Crippen LogP contribution in [0.2, 0.25) is 5.02 Å². The molecule has 1 saturated carbocycles. The number of amides is 3. The molecule has 4 aromatic rings. The van der Waals surface area contributed by atoms with Crippen LogP contribution in [0.5, 0.6) is 0 Å². The van der Waals surface area contributed by atoms with Crippen molar-refractivity contribution in [3.8, 4) is 0 Å². The summed E-state index contributed by atoms with van der Waals surface area (Å²) in [5.74, 6) is -0.652. The third-order valence-corrected chi connectivity index (χ3v) is 21.9. The van der Waals surface area contributed by atoms with Crippen molar-refractivity contribution >= 4 is 78.1 Å². The molecule has 9 rings (SSSR count). The number of carbonyl (C=O) groups is 3. The van der Waals surface area contributed by atoms with Crippen molar-refractivity contribution in [2.24, 2.45) is 16.7 Å². The zero-order valence-electron chi connectivity index (χ0n) is 49.4. The molecule has 3 amide bonds. The summed E-state index contributed by atoms with van der Waals surface area (Å²) in [6.07, 6.45) is 8.45. The van der Waals surface area contributed by atoms with E-state index in [1.165, 1.54) is 40.6 Å². The highest BCUT2D eigenvalue weighted by Crippen LogP contribution is 2.47. The summed E-state index contributed by atoms with van der Waals surface area (Å²) in [6.45, 7) is 18.1. The van der Waals surface area contributed by atoms with E-state index in [-0.39, 0.29) is 34.3 Å². The number of piperidine rings is 1. The molecule has 3 aliphatic heterocycles. The van der Waals surface area contributed by atoms with Gasteiger partial charge in [0, 0.05) is 117 Å². The number of anilines is 2. The van der Waals surface area contributed by atoms with Crippen LogP contribution in [0.25, 0.3) is 5.57 Å². The number of thioether (sulfide) groups is 1. The third-order valence-electron chi connectivity index (χ3n) is 17.6. The Morgan fingerprint density at radius 2 is 1.39 bits per heavy atom. The molecule has 3 saturated heterocycles. The van der Waals surface area contributed by atoms with E-state index in [9.17, 15) is 44.4 Å². The lowest BCUT2D eigenvalue weighted by atomic mass is 9.65. The molecule has 85 heavy (non-hydrogen) atoms. The van der Waals surface area contributed by atoms with Gasteiger partial charge in [0.25, 0.3) is 25.8 Å². The number of nitrogens with one attached hydrogen (secondary N) is 2. The Hall–Kier alpha value is -5.32. The van der Waals surface area contributed by atoms with E-state index < -0.39 is 58.4 Å². The van der Waals surface area contributed by atoms with Gasteiger partial charge in [0.15, 0.2) is 0 Å².